The molecule has 0 aromatic heterocycles. The molecule has 0 saturated heterocycles. The molecule has 0 bridgehead atoms. The van der Waals surface area contributed by atoms with Gasteiger partial charge in [0.15, 0.2) is 0 Å². The minimum Gasteiger partial charge on any atom is -0.481 e. The number of hydrogen-bond donors (Lipinski definition) is 2. The van der Waals surface area contributed by atoms with Gasteiger partial charge in [0.2, 0.25) is 4.33 Å². The van der Waals surface area contributed by atoms with E-state index < -0.39 is 16.3 Å². The lowest BCUT2D eigenvalue weighted by atomic mass is 10.1. The van der Waals surface area contributed by atoms with Gasteiger partial charge in [-0.1, -0.05) is 42.5 Å². The summed E-state index contributed by atoms with van der Waals surface area (Å²) >= 11 is 11.1. The summed E-state index contributed by atoms with van der Waals surface area (Å²) < 4.78 is -1.69. The first-order valence-corrected chi connectivity index (χ1v) is 5.95. The van der Waals surface area contributed by atoms with Gasteiger partial charge in [-0.15, -0.1) is 0 Å². The van der Waals surface area contributed by atoms with Gasteiger partial charge in [-0.3, -0.25) is 4.79 Å². The van der Waals surface area contributed by atoms with Crippen LogP contribution < -0.4 is 0 Å². The smallest absolute Gasteiger partial charge is 0.340 e. The van der Waals surface area contributed by atoms with Crippen LogP contribution in [0.2, 0.25) is 0 Å². The largest absolute Gasteiger partial charge is 0.481 e. The number of unbranched alkanes of at least 4 members (excludes halogenated alkanes) is 4. The zero-order valence-electron chi connectivity index (χ0n) is 8.92. The van der Waals surface area contributed by atoms with E-state index in [0.717, 1.165) is 19.3 Å². The van der Waals surface area contributed by atoms with Crippen LogP contribution in [-0.2, 0) is 9.59 Å². The van der Waals surface area contributed by atoms with Crippen LogP contribution in [-0.4, -0.2) is 26.5 Å². The molecule has 2 N–H and O–H groups in total. The third kappa shape index (κ3) is 7.77. The highest BCUT2D eigenvalue weighted by Crippen LogP contribution is 2.28. The average Bonchev–Trinajstić information content (AvgIpc) is 2.15. The first-order valence-electron chi connectivity index (χ1n) is 5.19. The highest BCUT2D eigenvalue weighted by Gasteiger charge is 2.32. The lowest BCUT2D eigenvalue weighted by Gasteiger charge is -2.13. The van der Waals surface area contributed by atoms with E-state index >= 15 is 0 Å². The summed E-state index contributed by atoms with van der Waals surface area (Å²) in [4.78, 5) is 20.7. The van der Waals surface area contributed by atoms with Gasteiger partial charge >= 0.3 is 11.9 Å². The number of hydrogen-bond acceptors (Lipinski definition) is 2. The highest BCUT2D eigenvalue weighted by molar-refractivity contribution is 6.57. The maximum Gasteiger partial charge on any atom is 0.340 e. The van der Waals surface area contributed by atoms with Crippen LogP contribution in [0.25, 0.3) is 0 Å². The SMILES string of the molecule is O=C(O)CCCCCCCC(Cl)(Cl)C(=O)O. The zero-order valence-corrected chi connectivity index (χ0v) is 10.4. The van der Waals surface area contributed by atoms with Crippen molar-refractivity contribution >= 4 is 35.1 Å². The van der Waals surface area contributed by atoms with Gasteiger partial charge < -0.3 is 10.2 Å². The summed E-state index contributed by atoms with van der Waals surface area (Å²) in [7, 11) is 0. The lowest BCUT2D eigenvalue weighted by Crippen LogP contribution is -2.25. The summed E-state index contributed by atoms with van der Waals surface area (Å²) in [6.07, 6.45) is 4.20. The van der Waals surface area contributed by atoms with Gasteiger partial charge in [0.1, 0.15) is 0 Å². The Balaban J connectivity index is 3.40. The molecular weight excluding hydrogens is 255 g/mol. The maximum absolute atomic E-state index is 10.5. The first kappa shape index (κ1) is 15.5. The third-order valence-electron chi connectivity index (χ3n) is 2.19. The van der Waals surface area contributed by atoms with Gasteiger partial charge in [-0.25, -0.2) is 4.79 Å². The number of halogens is 2. The Hall–Kier alpha value is -0.480. The van der Waals surface area contributed by atoms with Crippen molar-refractivity contribution in [2.45, 2.75) is 49.3 Å². The number of carboxylic acid groups (broad SMARTS) is 2. The second-order valence-electron chi connectivity index (χ2n) is 3.67. The molecule has 0 rings (SSSR count). The molecule has 6 heteroatoms. The normalized spacial score (nSPS) is 11.4. The van der Waals surface area contributed by atoms with Crippen LogP contribution in [0.5, 0.6) is 0 Å². The minimum absolute atomic E-state index is 0.185. The number of carboxylic acids is 2. The van der Waals surface area contributed by atoms with E-state index in [0.29, 0.717) is 12.8 Å². The molecule has 0 heterocycles. The second-order valence-corrected chi connectivity index (χ2v) is 5.16. The lowest BCUT2D eigenvalue weighted by molar-refractivity contribution is -0.138. The summed E-state index contributed by atoms with van der Waals surface area (Å²) in [5.41, 5.74) is 0. The minimum atomic E-state index is -1.69. The molecule has 0 aromatic carbocycles. The van der Waals surface area contributed by atoms with Crippen molar-refractivity contribution in [3.8, 4) is 0 Å². The van der Waals surface area contributed by atoms with Gasteiger partial charge in [0.05, 0.1) is 0 Å². The molecule has 0 saturated carbocycles. The molecule has 0 spiro atoms. The summed E-state index contributed by atoms with van der Waals surface area (Å²) in [6.45, 7) is 0. The fourth-order valence-corrected chi connectivity index (χ4v) is 1.53. The zero-order chi connectivity index (χ0) is 12.6. The van der Waals surface area contributed by atoms with Crippen LogP contribution >= 0.6 is 23.2 Å². The standard InChI is InChI=1S/C10H16Cl2O4/c11-10(12,9(15)16)7-5-3-1-2-4-6-8(13)14/h1-7H2,(H,13,14)(H,15,16). The van der Waals surface area contributed by atoms with E-state index in [1.165, 1.54) is 0 Å². The molecule has 4 nitrogen and oxygen atoms in total. The van der Waals surface area contributed by atoms with Crippen molar-refractivity contribution in [1.29, 1.82) is 0 Å². The Morgan fingerprint density at radius 3 is 1.94 bits per heavy atom. The number of rotatable bonds is 9. The summed E-state index contributed by atoms with van der Waals surface area (Å²) in [5.74, 6) is -2.01. The summed E-state index contributed by atoms with van der Waals surface area (Å²) in [6, 6.07) is 0. The van der Waals surface area contributed by atoms with E-state index in [4.69, 9.17) is 33.4 Å². The van der Waals surface area contributed by atoms with Crippen molar-refractivity contribution in [2.75, 3.05) is 0 Å². The van der Waals surface area contributed by atoms with Gasteiger partial charge in [-0.05, 0) is 19.3 Å². The first-order chi connectivity index (χ1) is 7.36. The van der Waals surface area contributed by atoms with E-state index in [1.54, 1.807) is 0 Å². The Labute approximate surface area is 105 Å². The number of carbonyl (C=O) groups is 2. The van der Waals surface area contributed by atoms with E-state index in [9.17, 15) is 9.59 Å². The molecule has 0 amide bonds. The van der Waals surface area contributed by atoms with Crippen molar-refractivity contribution in [3.63, 3.8) is 0 Å². The number of alkyl halides is 2. The molecule has 0 aliphatic carbocycles. The second kappa shape index (κ2) is 7.74. The van der Waals surface area contributed by atoms with E-state index in [1.807, 2.05) is 0 Å². The van der Waals surface area contributed by atoms with Gasteiger partial charge in [-0.2, -0.15) is 0 Å². The molecule has 94 valence electrons. The average molecular weight is 271 g/mol. The Bertz CT molecular complexity index is 241. The topological polar surface area (TPSA) is 74.6 Å². The predicted octanol–water partition coefficient (Wildman–Crippen LogP) is 3.06. The fraction of sp³-hybridized carbons (Fsp3) is 0.800. The van der Waals surface area contributed by atoms with Crippen molar-refractivity contribution < 1.29 is 19.8 Å². The quantitative estimate of drug-likeness (QED) is 0.499. The molecule has 0 aliphatic rings. The molecular formula is C10H16Cl2O4. The third-order valence-corrected chi connectivity index (χ3v) is 2.90. The van der Waals surface area contributed by atoms with Crippen LogP contribution in [0, 0.1) is 0 Å². The monoisotopic (exact) mass is 270 g/mol. The maximum atomic E-state index is 10.5. The van der Waals surface area contributed by atoms with Crippen molar-refractivity contribution in [1.82, 2.24) is 0 Å². The van der Waals surface area contributed by atoms with Crippen molar-refractivity contribution in [2.24, 2.45) is 0 Å². The molecule has 0 atom stereocenters. The molecule has 0 aromatic rings. The van der Waals surface area contributed by atoms with Crippen LogP contribution in [0.15, 0.2) is 0 Å². The highest BCUT2D eigenvalue weighted by atomic mass is 35.5. The fourth-order valence-electron chi connectivity index (χ4n) is 1.26. The predicted molar refractivity (Wildman–Crippen MR) is 62.0 cm³/mol. The van der Waals surface area contributed by atoms with Crippen LogP contribution in [0.3, 0.4) is 0 Å². The Morgan fingerprint density at radius 2 is 1.44 bits per heavy atom. The molecule has 16 heavy (non-hydrogen) atoms. The van der Waals surface area contributed by atoms with Crippen LogP contribution in [0.4, 0.5) is 0 Å². The summed E-state index contributed by atoms with van der Waals surface area (Å²) in [5, 5.41) is 17.0. The van der Waals surface area contributed by atoms with Gasteiger partial charge in [0, 0.05) is 6.42 Å². The Kier molecular flexibility index (Phi) is 7.51. The molecule has 0 fully saturated rings. The number of aliphatic carboxylic acids is 2. The molecule has 0 aliphatic heterocycles. The van der Waals surface area contributed by atoms with Crippen molar-refractivity contribution in [3.05, 3.63) is 0 Å². The van der Waals surface area contributed by atoms with Gasteiger partial charge in [0.25, 0.3) is 0 Å². The molecule has 0 radical (unpaired) electrons. The van der Waals surface area contributed by atoms with E-state index in [-0.39, 0.29) is 12.8 Å². The molecule has 0 unspecified atom stereocenters. The Morgan fingerprint density at radius 1 is 0.938 bits per heavy atom. The van der Waals surface area contributed by atoms with Crippen LogP contribution in [0.1, 0.15) is 44.9 Å². The van der Waals surface area contributed by atoms with E-state index in [2.05, 4.69) is 0 Å².